The highest BCUT2D eigenvalue weighted by molar-refractivity contribution is 6.53. The van der Waals surface area contributed by atoms with Crippen LogP contribution in [-0.2, 0) is 14.3 Å². The molecule has 2 heterocycles. The number of nitrogens with one attached hydrogen (secondary N) is 1. The highest BCUT2D eigenvalue weighted by Gasteiger charge is 2.39. The zero-order valence-electron chi connectivity index (χ0n) is 19.5. The van der Waals surface area contributed by atoms with E-state index in [0.717, 1.165) is 37.3 Å². The molecule has 0 aliphatic carbocycles. The Labute approximate surface area is 208 Å². The zero-order chi connectivity index (χ0) is 25.1. The molecule has 1 fully saturated rings. The normalized spacial score (nSPS) is 16.2. The van der Waals surface area contributed by atoms with Gasteiger partial charge in [0, 0.05) is 24.3 Å². The summed E-state index contributed by atoms with van der Waals surface area (Å²) in [6, 6.07) is 12.8. The van der Waals surface area contributed by atoms with Crippen LogP contribution in [0.15, 0.2) is 59.3 Å². The average molecular weight is 496 g/mol. The number of piperidine rings is 1. The number of carbonyl (C=O) groups excluding carboxylic acids is 4. The third kappa shape index (κ3) is 5.22. The van der Waals surface area contributed by atoms with Crippen molar-refractivity contribution in [2.45, 2.75) is 39.2 Å². The van der Waals surface area contributed by atoms with Gasteiger partial charge in [0.25, 0.3) is 17.7 Å². The van der Waals surface area contributed by atoms with Crippen LogP contribution in [0.25, 0.3) is 0 Å². The van der Waals surface area contributed by atoms with Crippen molar-refractivity contribution in [2.24, 2.45) is 0 Å². The topological polar surface area (TPSA) is 96.0 Å². The molecule has 0 atom stereocenters. The fraction of sp³-hybridized carbons (Fsp3) is 0.308. The molecule has 4 rings (SSSR count). The van der Waals surface area contributed by atoms with Crippen LogP contribution < -0.4 is 10.2 Å². The van der Waals surface area contributed by atoms with Gasteiger partial charge in [-0.1, -0.05) is 23.7 Å². The summed E-state index contributed by atoms with van der Waals surface area (Å²) in [6.07, 6.45) is 2.77. The van der Waals surface area contributed by atoms with Crippen LogP contribution in [0, 0.1) is 0 Å². The fourth-order valence-electron chi connectivity index (χ4n) is 4.05. The van der Waals surface area contributed by atoms with Crippen LogP contribution in [0.5, 0.6) is 0 Å². The van der Waals surface area contributed by atoms with E-state index in [9.17, 15) is 19.2 Å². The van der Waals surface area contributed by atoms with E-state index in [4.69, 9.17) is 16.3 Å². The lowest BCUT2D eigenvalue weighted by Gasteiger charge is -2.26. The molecule has 35 heavy (non-hydrogen) atoms. The SMILES string of the molecule is CC(C)OC(=O)c1cccc(N2C(=O)C(Cl)=C(Nc3cccc(C(=O)N4CCCCC4)c3)C2=O)c1. The number of likely N-dealkylation sites (tertiary alicyclic amines) is 1. The summed E-state index contributed by atoms with van der Waals surface area (Å²) >= 11 is 6.25. The highest BCUT2D eigenvalue weighted by Crippen LogP contribution is 2.31. The monoisotopic (exact) mass is 495 g/mol. The molecule has 0 aromatic heterocycles. The third-order valence-corrected chi connectivity index (χ3v) is 6.08. The highest BCUT2D eigenvalue weighted by atomic mass is 35.5. The summed E-state index contributed by atoms with van der Waals surface area (Å²) < 4.78 is 5.20. The maximum atomic E-state index is 13.2. The lowest BCUT2D eigenvalue weighted by atomic mass is 10.1. The Morgan fingerprint density at radius 2 is 1.63 bits per heavy atom. The molecular formula is C26H26ClN3O5. The summed E-state index contributed by atoms with van der Waals surface area (Å²) in [5, 5.41) is 2.63. The van der Waals surface area contributed by atoms with Crippen molar-refractivity contribution in [3.63, 3.8) is 0 Å². The van der Waals surface area contributed by atoms with Crippen LogP contribution in [0.1, 0.15) is 53.8 Å². The number of esters is 1. The predicted octanol–water partition coefficient (Wildman–Crippen LogP) is 4.31. The summed E-state index contributed by atoms with van der Waals surface area (Å²) in [7, 11) is 0. The van der Waals surface area contributed by atoms with E-state index in [1.54, 1.807) is 44.2 Å². The lowest BCUT2D eigenvalue weighted by Crippen LogP contribution is -2.35. The second kappa shape index (κ2) is 10.3. The van der Waals surface area contributed by atoms with Gasteiger partial charge in [-0.2, -0.15) is 0 Å². The van der Waals surface area contributed by atoms with E-state index in [0.29, 0.717) is 11.3 Å². The Morgan fingerprint density at radius 3 is 2.34 bits per heavy atom. The second-order valence-corrected chi connectivity index (χ2v) is 9.08. The Morgan fingerprint density at radius 1 is 0.943 bits per heavy atom. The summed E-state index contributed by atoms with van der Waals surface area (Å²) in [4.78, 5) is 53.9. The first-order valence-corrected chi connectivity index (χ1v) is 11.9. The number of hydrogen-bond acceptors (Lipinski definition) is 6. The van der Waals surface area contributed by atoms with Gasteiger partial charge in [0.1, 0.15) is 10.7 Å². The molecule has 0 bridgehead atoms. The molecule has 3 amide bonds. The van der Waals surface area contributed by atoms with E-state index >= 15 is 0 Å². The van der Waals surface area contributed by atoms with E-state index in [-0.39, 0.29) is 34.0 Å². The second-order valence-electron chi connectivity index (χ2n) is 8.70. The van der Waals surface area contributed by atoms with E-state index in [1.165, 1.54) is 18.2 Å². The molecule has 0 saturated carbocycles. The maximum absolute atomic E-state index is 13.2. The molecule has 182 valence electrons. The Balaban J connectivity index is 1.54. The standard InChI is InChI=1S/C26H26ClN3O5/c1-16(2)35-26(34)18-9-7-11-20(15-18)30-24(32)21(27)22(25(30)33)28-19-10-6-8-17(14-19)23(31)29-12-4-3-5-13-29/h6-11,14-16,28H,3-5,12-13H2,1-2H3. The first-order valence-electron chi connectivity index (χ1n) is 11.5. The summed E-state index contributed by atoms with van der Waals surface area (Å²) in [5.74, 6) is -2.02. The molecule has 0 unspecified atom stereocenters. The minimum atomic E-state index is -0.714. The first kappa shape index (κ1) is 24.5. The number of halogens is 1. The van der Waals surface area contributed by atoms with Crippen molar-refractivity contribution in [3.8, 4) is 0 Å². The van der Waals surface area contributed by atoms with Gasteiger partial charge in [0.2, 0.25) is 0 Å². The zero-order valence-corrected chi connectivity index (χ0v) is 20.3. The van der Waals surface area contributed by atoms with Crippen LogP contribution in [0.2, 0.25) is 0 Å². The average Bonchev–Trinajstić information content (AvgIpc) is 3.07. The minimum absolute atomic E-state index is 0.0750. The third-order valence-electron chi connectivity index (χ3n) is 5.73. The number of imide groups is 1. The first-order chi connectivity index (χ1) is 16.8. The van der Waals surface area contributed by atoms with Gasteiger partial charge in [-0.3, -0.25) is 14.4 Å². The maximum Gasteiger partial charge on any atom is 0.338 e. The molecule has 1 N–H and O–H groups in total. The summed E-state index contributed by atoms with van der Waals surface area (Å²) in [6.45, 7) is 4.90. The number of ether oxygens (including phenoxy) is 1. The molecule has 2 aliphatic heterocycles. The molecule has 9 heteroatoms. The molecule has 2 aromatic carbocycles. The molecule has 2 aliphatic rings. The molecule has 0 radical (unpaired) electrons. The predicted molar refractivity (Wildman–Crippen MR) is 132 cm³/mol. The van der Waals surface area contributed by atoms with E-state index in [2.05, 4.69) is 5.32 Å². The Kier molecular flexibility index (Phi) is 7.21. The van der Waals surface area contributed by atoms with Crippen molar-refractivity contribution in [3.05, 3.63) is 70.4 Å². The van der Waals surface area contributed by atoms with Crippen molar-refractivity contribution >= 4 is 46.7 Å². The molecule has 2 aromatic rings. The van der Waals surface area contributed by atoms with Gasteiger partial charge in [-0.15, -0.1) is 0 Å². The number of anilines is 2. The summed E-state index contributed by atoms with van der Waals surface area (Å²) in [5.41, 5.74) is 1.24. The Hall–Kier alpha value is -3.65. The van der Waals surface area contributed by atoms with Gasteiger partial charge in [-0.05, 0) is 69.5 Å². The number of nitrogens with zero attached hydrogens (tertiary/aromatic N) is 2. The number of carbonyl (C=O) groups is 4. The molecule has 1 saturated heterocycles. The smallest absolute Gasteiger partial charge is 0.338 e. The molecule has 0 spiro atoms. The van der Waals surface area contributed by atoms with Gasteiger partial charge < -0.3 is 15.0 Å². The number of hydrogen-bond donors (Lipinski definition) is 1. The van der Waals surface area contributed by atoms with Gasteiger partial charge in [-0.25, -0.2) is 9.69 Å². The van der Waals surface area contributed by atoms with Gasteiger partial charge in [0.05, 0.1) is 17.4 Å². The largest absolute Gasteiger partial charge is 0.459 e. The van der Waals surface area contributed by atoms with Gasteiger partial charge in [0.15, 0.2) is 0 Å². The fourth-order valence-corrected chi connectivity index (χ4v) is 4.27. The number of amides is 3. The minimum Gasteiger partial charge on any atom is -0.459 e. The van der Waals surface area contributed by atoms with Crippen LogP contribution in [0.4, 0.5) is 11.4 Å². The van der Waals surface area contributed by atoms with Crippen molar-refractivity contribution in [1.29, 1.82) is 0 Å². The van der Waals surface area contributed by atoms with Crippen molar-refractivity contribution in [2.75, 3.05) is 23.3 Å². The number of benzene rings is 2. The molecule has 8 nitrogen and oxygen atoms in total. The number of rotatable bonds is 6. The van der Waals surface area contributed by atoms with Crippen LogP contribution >= 0.6 is 11.6 Å². The van der Waals surface area contributed by atoms with Crippen LogP contribution in [0.3, 0.4) is 0 Å². The lowest BCUT2D eigenvalue weighted by molar-refractivity contribution is -0.120. The Bertz CT molecular complexity index is 1220. The van der Waals surface area contributed by atoms with Crippen LogP contribution in [-0.4, -0.2) is 47.8 Å². The van der Waals surface area contributed by atoms with Crippen molar-refractivity contribution < 1.29 is 23.9 Å². The van der Waals surface area contributed by atoms with E-state index in [1.807, 2.05) is 4.90 Å². The van der Waals surface area contributed by atoms with Gasteiger partial charge >= 0.3 is 5.97 Å². The quantitative estimate of drug-likeness (QED) is 0.474. The van der Waals surface area contributed by atoms with E-state index < -0.39 is 17.8 Å². The molecular weight excluding hydrogens is 470 g/mol. The van der Waals surface area contributed by atoms with Crippen molar-refractivity contribution in [1.82, 2.24) is 4.90 Å².